The molecule has 1 fully saturated rings. The predicted octanol–water partition coefficient (Wildman–Crippen LogP) is 4.30. The number of hydrogen-bond donors (Lipinski definition) is 2. The monoisotopic (exact) mass is 500 g/mol. The number of halogens is 1. The zero-order chi connectivity index (χ0) is 25.3. The summed E-state index contributed by atoms with van der Waals surface area (Å²) < 4.78 is 19.6. The van der Waals surface area contributed by atoms with Crippen LogP contribution in [0.5, 0.6) is 0 Å². The molecule has 4 rings (SSSR count). The number of carbonyl (C=O) groups excluding carboxylic acids is 2. The number of nitrogens with zero attached hydrogens (tertiary/aromatic N) is 4. The summed E-state index contributed by atoms with van der Waals surface area (Å²) in [5.74, 6) is -0.174. The lowest BCUT2D eigenvalue weighted by molar-refractivity contribution is 0.0419. The number of rotatable bonds is 6. The molecule has 0 saturated carbocycles. The van der Waals surface area contributed by atoms with Gasteiger partial charge in [-0.05, 0) is 52.3 Å². The van der Waals surface area contributed by atoms with E-state index in [2.05, 4.69) is 25.6 Å². The molecule has 1 unspecified atom stereocenters. The maximum absolute atomic E-state index is 13.6. The molecule has 186 valence electrons. The highest BCUT2D eigenvalue weighted by Gasteiger charge is 2.34. The van der Waals surface area contributed by atoms with Crippen LogP contribution in [0.4, 0.5) is 15.1 Å². The smallest absolute Gasteiger partial charge is 0.407 e. The SMILES string of the molecule is Cc1cc2nc(NC(C)c3cncc(F)c3)nc(C(=O)N3CC(CNC(=O)OC(C)(C)C)C3)c2s1. The fourth-order valence-corrected chi connectivity index (χ4v) is 4.69. The van der Waals surface area contributed by atoms with Crippen LogP contribution in [0.15, 0.2) is 24.5 Å². The van der Waals surface area contributed by atoms with Crippen LogP contribution in [0.2, 0.25) is 0 Å². The van der Waals surface area contributed by atoms with Crippen LogP contribution >= 0.6 is 11.3 Å². The van der Waals surface area contributed by atoms with E-state index in [-0.39, 0.29) is 17.9 Å². The Balaban J connectivity index is 1.45. The minimum atomic E-state index is -0.558. The van der Waals surface area contributed by atoms with Crippen molar-refractivity contribution in [3.05, 3.63) is 46.5 Å². The summed E-state index contributed by atoms with van der Waals surface area (Å²) in [7, 11) is 0. The second-order valence-electron chi connectivity index (χ2n) is 9.73. The molecule has 3 aromatic heterocycles. The maximum atomic E-state index is 13.6. The van der Waals surface area contributed by atoms with Gasteiger partial charge in [0.05, 0.1) is 22.5 Å². The fourth-order valence-electron chi connectivity index (χ4n) is 3.76. The molecule has 0 aliphatic carbocycles. The average Bonchev–Trinajstić information content (AvgIpc) is 3.10. The van der Waals surface area contributed by atoms with Crippen molar-refractivity contribution in [1.82, 2.24) is 25.2 Å². The lowest BCUT2D eigenvalue weighted by Gasteiger charge is -2.39. The van der Waals surface area contributed by atoms with E-state index in [1.54, 1.807) is 11.1 Å². The molecule has 1 saturated heterocycles. The van der Waals surface area contributed by atoms with Gasteiger partial charge in [0.1, 0.15) is 11.4 Å². The topological polar surface area (TPSA) is 109 Å². The van der Waals surface area contributed by atoms with Gasteiger partial charge in [-0.2, -0.15) is 0 Å². The summed E-state index contributed by atoms with van der Waals surface area (Å²) in [6.45, 7) is 10.7. The Morgan fingerprint density at radius 1 is 1.26 bits per heavy atom. The molecule has 11 heteroatoms. The molecule has 35 heavy (non-hydrogen) atoms. The van der Waals surface area contributed by atoms with Crippen molar-refractivity contribution >= 4 is 39.5 Å². The van der Waals surface area contributed by atoms with Crippen molar-refractivity contribution in [3.63, 3.8) is 0 Å². The summed E-state index contributed by atoms with van der Waals surface area (Å²) in [6, 6.07) is 3.00. The lowest BCUT2D eigenvalue weighted by Crippen LogP contribution is -2.54. The highest BCUT2D eigenvalue weighted by molar-refractivity contribution is 7.19. The molecule has 0 aromatic carbocycles. The molecular formula is C24H29FN6O3S. The predicted molar refractivity (Wildman–Crippen MR) is 132 cm³/mol. The second-order valence-corrected chi connectivity index (χ2v) is 11.0. The van der Waals surface area contributed by atoms with Crippen LogP contribution < -0.4 is 10.6 Å². The molecule has 9 nitrogen and oxygen atoms in total. The van der Waals surface area contributed by atoms with Crippen molar-refractivity contribution in [2.45, 2.75) is 46.3 Å². The van der Waals surface area contributed by atoms with Crippen molar-refractivity contribution in [1.29, 1.82) is 0 Å². The summed E-state index contributed by atoms with van der Waals surface area (Å²) >= 11 is 1.47. The quantitative estimate of drug-likeness (QED) is 0.519. The third-order valence-corrected chi connectivity index (χ3v) is 6.49. The number of likely N-dealkylation sites (tertiary alicyclic amines) is 1. The van der Waals surface area contributed by atoms with Crippen LogP contribution in [0.3, 0.4) is 0 Å². The standard InChI is InChI=1S/C24H29FN6O3S/c1-13-6-18-20(35-13)19(30-22(29-18)28-14(2)16-7-17(25)10-26-9-16)21(32)31-11-15(12-31)8-27-23(33)34-24(3,4)5/h6-7,9-10,14-15H,8,11-12H2,1-5H3,(H,27,33)(H,28,29,30). The van der Waals surface area contributed by atoms with E-state index in [0.29, 0.717) is 42.4 Å². The number of hydrogen-bond acceptors (Lipinski definition) is 8. The molecule has 1 aliphatic heterocycles. The molecule has 2 N–H and O–H groups in total. The Labute approximate surface area is 207 Å². The molecule has 2 amide bonds. The zero-order valence-corrected chi connectivity index (χ0v) is 21.2. The first-order valence-corrected chi connectivity index (χ1v) is 12.2. The first-order chi connectivity index (χ1) is 16.5. The first kappa shape index (κ1) is 24.8. The number of aryl methyl sites for hydroxylation is 1. The molecule has 4 heterocycles. The Kier molecular flexibility index (Phi) is 6.88. The number of ether oxygens (including phenoxy) is 1. The van der Waals surface area contributed by atoms with Gasteiger partial charge in [0, 0.05) is 36.6 Å². The van der Waals surface area contributed by atoms with E-state index in [1.807, 2.05) is 40.7 Å². The summed E-state index contributed by atoms with van der Waals surface area (Å²) in [6.07, 6.45) is 2.26. The fraction of sp³-hybridized carbons (Fsp3) is 0.458. The number of fused-ring (bicyclic) bond motifs is 1. The summed E-state index contributed by atoms with van der Waals surface area (Å²) in [5, 5.41) is 5.92. The van der Waals surface area contributed by atoms with Crippen LogP contribution in [0.25, 0.3) is 10.2 Å². The van der Waals surface area contributed by atoms with Gasteiger partial charge in [0.2, 0.25) is 5.95 Å². The highest BCUT2D eigenvalue weighted by atomic mass is 32.1. The normalized spacial score (nSPS) is 15.0. The van der Waals surface area contributed by atoms with E-state index in [9.17, 15) is 14.0 Å². The number of anilines is 1. The molecule has 0 radical (unpaired) electrons. The van der Waals surface area contributed by atoms with E-state index < -0.39 is 17.5 Å². The Morgan fingerprint density at radius 3 is 2.69 bits per heavy atom. The molecule has 3 aromatic rings. The molecular weight excluding hydrogens is 471 g/mol. The Morgan fingerprint density at radius 2 is 2.00 bits per heavy atom. The van der Waals surface area contributed by atoms with Gasteiger partial charge in [-0.15, -0.1) is 11.3 Å². The molecule has 0 bridgehead atoms. The van der Waals surface area contributed by atoms with Crippen LogP contribution in [-0.2, 0) is 4.74 Å². The molecule has 1 atom stereocenters. The van der Waals surface area contributed by atoms with Crippen LogP contribution in [0, 0.1) is 18.7 Å². The lowest BCUT2D eigenvalue weighted by atomic mass is 9.99. The number of pyridine rings is 1. The number of nitrogens with one attached hydrogen (secondary N) is 2. The summed E-state index contributed by atoms with van der Waals surface area (Å²) in [5.41, 5.74) is 1.10. The number of thiophene rings is 1. The van der Waals surface area contributed by atoms with Crippen molar-refractivity contribution in [2.24, 2.45) is 5.92 Å². The van der Waals surface area contributed by atoms with E-state index >= 15 is 0 Å². The van der Waals surface area contributed by atoms with Gasteiger partial charge in [0.25, 0.3) is 5.91 Å². The minimum Gasteiger partial charge on any atom is -0.444 e. The average molecular weight is 501 g/mol. The highest BCUT2D eigenvalue weighted by Crippen LogP contribution is 2.30. The maximum Gasteiger partial charge on any atom is 0.407 e. The van der Waals surface area contributed by atoms with Crippen LogP contribution in [0.1, 0.15) is 54.7 Å². The van der Waals surface area contributed by atoms with Gasteiger partial charge < -0.3 is 20.3 Å². The number of alkyl carbamates (subject to hydrolysis) is 1. The summed E-state index contributed by atoms with van der Waals surface area (Å²) in [4.78, 5) is 40.9. The number of carbonyl (C=O) groups is 2. The third kappa shape index (κ3) is 6.02. The van der Waals surface area contributed by atoms with E-state index in [1.165, 1.54) is 17.4 Å². The molecule has 0 spiro atoms. The van der Waals surface area contributed by atoms with E-state index in [4.69, 9.17) is 4.74 Å². The van der Waals surface area contributed by atoms with Crippen molar-refractivity contribution in [2.75, 3.05) is 25.0 Å². The largest absolute Gasteiger partial charge is 0.444 e. The second kappa shape index (κ2) is 9.73. The third-order valence-electron chi connectivity index (χ3n) is 5.45. The van der Waals surface area contributed by atoms with E-state index in [0.717, 1.165) is 15.8 Å². The zero-order valence-electron chi connectivity index (χ0n) is 20.4. The minimum absolute atomic E-state index is 0.145. The van der Waals surface area contributed by atoms with Gasteiger partial charge in [0.15, 0.2) is 5.69 Å². The number of aromatic nitrogens is 3. The first-order valence-electron chi connectivity index (χ1n) is 11.4. The van der Waals surface area contributed by atoms with Gasteiger partial charge in [-0.3, -0.25) is 9.78 Å². The Bertz CT molecular complexity index is 1250. The van der Waals surface area contributed by atoms with Crippen molar-refractivity contribution < 1.29 is 18.7 Å². The van der Waals surface area contributed by atoms with Gasteiger partial charge in [-0.25, -0.2) is 19.2 Å². The number of amides is 2. The molecule has 1 aliphatic rings. The van der Waals surface area contributed by atoms with Crippen molar-refractivity contribution in [3.8, 4) is 0 Å². The van der Waals surface area contributed by atoms with Gasteiger partial charge in [-0.1, -0.05) is 0 Å². The van der Waals surface area contributed by atoms with Crippen LogP contribution in [-0.4, -0.2) is 57.1 Å². The Hall–Kier alpha value is -3.34. The van der Waals surface area contributed by atoms with Gasteiger partial charge >= 0.3 is 6.09 Å².